The molecule has 0 unspecified atom stereocenters. The first-order valence-corrected chi connectivity index (χ1v) is 6.69. The van der Waals surface area contributed by atoms with Gasteiger partial charge in [0, 0.05) is 19.6 Å². The van der Waals surface area contributed by atoms with Gasteiger partial charge in [-0.2, -0.15) is 0 Å². The average molecular weight is 280 g/mol. The SMILES string of the molecule is Nc1ccccc1OCC(=O)OCCN1CCOCC1. The molecule has 1 aromatic rings. The molecule has 6 heteroatoms. The summed E-state index contributed by atoms with van der Waals surface area (Å²) in [7, 11) is 0. The van der Waals surface area contributed by atoms with Crippen LogP contribution in [0.2, 0.25) is 0 Å². The van der Waals surface area contributed by atoms with Gasteiger partial charge >= 0.3 is 5.97 Å². The summed E-state index contributed by atoms with van der Waals surface area (Å²) in [6.45, 7) is 4.21. The highest BCUT2D eigenvalue weighted by atomic mass is 16.6. The van der Waals surface area contributed by atoms with Crippen molar-refractivity contribution in [3.05, 3.63) is 24.3 Å². The average Bonchev–Trinajstić information content (AvgIpc) is 2.47. The lowest BCUT2D eigenvalue weighted by Gasteiger charge is -2.26. The van der Waals surface area contributed by atoms with Crippen LogP contribution in [0.15, 0.2) is 24.3 Å². The molecule has 1 fully saturated rings. The smallest absolute Gasteiger partial charge is 0.344 e. The van der Waals surface area contributed by atoms with Gasteiger partial charge < -0.3 is 19.9 Å². The van der Waals surface area contributed by atoms with Crippen LogP contribution in [0.3, 0.4) is 0 Å². The minimum absolute atomic E-state index is 0.128. The minimum atomic E-state index is -0.387. The van der Waals surface area contributed by atoms with Gasteiger partial charge in [-0.1, -0.05) is 12.1 Å². The van der Waals surface area contributed by atoms with Crippen molar-refractivity contribution in [2.24, 2.45) is 0 Å². The predicted octanol–water partition coefficient (Wildman–Crippen LogP) is 0.523. The van der Waals surface area contributed by atoms with E-state index in [1.165, 1.54) is 0 Å². The fraction of sp³-hybridized carbons (Fsp3) is 0.500. The van der Waals surface area contributed by atoms with E-state index < -0.39 is 0 Å². The van der Waals surface area contributed by atoms with E-state index in [2.05, 4.69) is 4.90 Å². The number of benzene rings is 1. The normalized spacial score (nSPS) is 15.8. The van der Waals surface area contributed by atoms with Crippen LogP contribution < -0.4 is 10.5 Å². The molecule has 0 aliphatic carbocycles. The van der Waals surface area contributed by atoms with Gasteiger partial charge in [0.25, 0.3) is 0 Å². The molecule has 0 amide bonds. The molecule has 1 saturated heterocycles. The van der Waals surface area contributed by atoms with Gasteiger partial charge in [-0.25, -0.2) is 4.79 Å². The van der Waals surface area contributed by atoms with Crippen LogP contribution in [0, 0.1) is 0 Å². The van der Waals surface area contributed by atoms with E-state index in [9.17, 15) is 4.79 Å². The van der Waals surface area contributed by atoms with Crippen molar-refractivity contribution < 1.29 is 19.0 Å². The molecule has 0 aromatic heterocycles. The Kier molecular flexibility index (Phi) is 5.64. The molecule has 0 saturated carbocycles. The van der Waals surface area contributed by atoms with Crippen molar-refractivity contribution in [3.63, 3.8) is 0 Å². The van der Waals surface area contributed by atoms with Gasteiger partial charge in [0.05, 0.1) is 18.9 Å². The van der Waals surface area contributed by atoms with Crippen LogP contribution in [0.4, 0.5) is 5.69 Å². The fourth-order valence-corrected chi connectivity index (χ4v) is 1.90. The molecule has 2 rings (SSSR count). The molecule has 0 atom stereocenters. The number of carbonyl (C=O) groups excluding carboxylic acids is 1. The highest BCUT2D eigenvalue weighted by molar-refractivity contribution is 5.71. The van der Waals surface area contributed by atoms with E-state index in [0.717, 1.165) is 32.8 Å². The van der Waals surface area contributed by atoms with Crippen LogP contribution in [0.5, 0.6) is 5.75 Å². The Morgan fingerprint density at radius 2 is 2.05 bits per heavy atom. The number of para-hydroxylation sites is 2. The number of nitrogens with two attached hydrogens (primary N) is 1. The topological polar surface area (TPSA) is 74.0 Å². The molecule has 1 aliphatic rings. The first-order chi connectivity index (χ1) is 9.75. The van der Waals surface area contributed by atoms with Crippen LogP contribution in [-0.2, 0) is 14.3 Å². The Balaban J connectivity index is 1.62. The fourth-order valence-electron chi connectivity index (χ4n) is 1.90. The number of carbonyl (C=O) groups is 1. The number of anilines is 1. The lowest BCUT2D eigenvalue weighted by molar-refractivity contribution is -0.146. The summed E-state index contributed by atoms with van der Waals surface area (Å²) in [6, 6.07) is 7.05. The Labute approximate surface area is 118 Å². The third-order valence-corrected chi connectivity index (χ3v) is 3.04. The molecule has 1 aromatic carbocycles. The summed E-state index contributed by atoms with van der Waals surface area (Å²) in [5, 5.41) is 0. The molecule has 110 valence electrons. The zero-order valence-electron chi connectivity index (χ0n) is 11.4. The number of esters is 1. The zero-order chi connectivity index (χ0) is 14.2. The van der Waals surface area contributed by atoms with Crippen LogP contribution >= 0.6 is 0 Å². The van der Waals surface area contributed by atoms with Gasteiger partial charge in [-0.3, -0.25) is 4.90 Å². The van der Waals surface area contributed by atoms with Crippen molar-refractivity contribution in [3.8, 4) is 5.75 Å². The first-order valence-electron chi connectivity index (χ1n) is 6.69. The van der Waals surface area contributed by atoms with Crippen LogP contribution in [0.1, 0.15) is 0 Å². The number of hydrogen-bond donors (Lipinski definition) is 1. The summed E-state index contributed by atoms with van der Waals surface area (Å²) in [5.74, 6) is 0.110. The van der Waals surface area contributed by atoms with E-state index in [4.69, 9.17) is 19.9 Å². The van der Waals surface area contributed by atoms with Crippen molar-refractivity contribution in [2.45, 2.75) is 0 Å². The quantitative estimate of drug-likeness (QED) is 0.605. The van der Waals surface area contributed by atoms with E-state index in [1.54, 1.807) is 18.2 Å². The largest absolute Gasteiger partial charge is 0.480 e. The highest BCUT2D eigenvalue weighted by Gasteiger charge is 2.11. The Hall–Kier alpha value is -1.79. The second-order valence-electron chi connectivity index (χ2n) is 4.50. The lowest BCUT2D eigenvalue weighted by atomic mass is 10.3. The number of rotatable bonds is 6. The summed E-state index contributed by atoms with van der Waals surface area (Å²) in [5.41, 5.74) is 6.22. The van der Waals surface area contributed by atoms with Gasteiger partial charge in [-0.15, -0.1) is 0 Å². The standard InChI is InChI=1S/C14H20N2O4/c15-12-3-1-2-4-13(12)20-11-14(17)19-10-7-16-5-8-18-9-6-16/h1-4H,5-11,15H2. The number of ether oxygens (including phenoxy) is 3. The van der Waals surface area contributed by atoms with Gasteiger partial charge in [-0.05, 0) is 12.1 Å². The molecular formula is C14H20N2O4. The second-order valence-corrected chi connectivity index (χ2v) is 4.50. The number of morpholine rings is 1. The third kappa shape index (κ3) is 4.71. The van der Waals surface area contributed by atoms with E-state index >= 15 is 0 Å². The number of hydrogen-bond acceptors (Lipinski definition) is 6. The van der Waals surface area contributed by atoms with Crippen LogP contribution in [0.25, 0.3) is 0 Å². The maximum absolute atomic E-state index is 11.5. The summed E-state index contributed by atoms with van der Waals surface area (Å²) in [6.07, 6.45) is 0. The van der Waals surface area contributed by atoms with Gasteiger partial charge in [0.1, 0.15) is 12.4 Å². The van der Waals surface area contributed by atoms with Crippen molar-refractivity contribution in [2.75, 3.05) is 51.8 Å². The maximum atomic E-state index is 11.5. The molecule has 0 spiro atoms. The highest BCUT2D eigenvalue weighted by Crippen LogP contribution is 2.19. The van der Waals surface area contributed by atoms with Crippen molar-refractivity contribution in [1.82, 2.24) is 4.90 Å². The third-order valence-electron chi connectivity index (χ3n) is 3.04. The lowest BCUT2D eigenvalue weighted by Crippen LogP contribution is -2.38. The molecule has 0 radical (unpaired) electrons. The second kappa shape index (κ2) is 7.72. The van der Waals surface area contributed by atoms with Gasteiger partial charge in [0.15, 0.2) is 6.61 Å². The number of nitrogens with zero attached hydrogens (tertiary/aromatic N) is 1. The maximum Gasteiger partial charge on any atom is 0.344 e. The van der Waals surface area contributed by atoms with E-state index in [1.807, 2.05) is 6.07 Å². The zero-order valence-corrected chi connectivity index (χ0v) is 11.4. The van der Waals surface area contributed by atoms with Crippen molar-refractivity contribution >= 4 is 11.7 Å². The Bertz CT molecular complexity index is 433. The molecule has 2 N–H and O–H groups in total. The van der Waals surface area contributed by atoms with Crippen LogP contribution in [-0.4, -0.2) is 56.9 Å². The summed E-state index contributed by atoms with van der Waals surface area (Å²) >= 11 is 0. The molecule has 1 heterocycles. The van der Waals surface area contributed by atoms with Crippen molar-refractivity contribution in [1.29, 1.82) is 0 Å². The molecular weight excluding hydrogens is 260 g/mol. The summed E-state index contributed by atoms with van der Waals surface area (Å²) in [4.78, 5) is 13.7. The minimum Gasteiger partial charge on any atom is -0.480 e. The Morgan fingerprint density at radius 3 is 2.80 bits per heavy atom. The molecule has 1 aliphatic heterocycles. The molecule has 6 nitrogen and oxygen atoms in total. The Morgan fingerprint density at radius 1 is 1.30 bits per heavy atom. The van der Waals surface area contributed by atoms with Gasteiger partial charge in [0.2, 0.25) is 0 Å². The monoisotopic (exact) mass is 280 g/mol. The van der Waals surface area contributed by atoms with E-state index in [0.29, 0.717) is 18.0 Å². The molecule has 0 bridgehead atoms. The predicted molar refractivity (Wildman–Crippen MR) is 74.6 cm³/mol. The van der Waals surface area contributed by atoms with E-state index in [-0.39, 0.29) is 12.6 Å². The molecule has 20 heavy (non-hydrogen) atoms. The number of nitrogen functional groups attached to an aromatic ring is 1. The first kappa shape index (κ1) is 14.6. The summed E-state index contributed by atoms with van der Waals surface area (Å²) < 4.78 is 15.7.